The van der Waals surface area contributed by atoms with Gasteiger partial charge in [-0.15, -0.1) is 11.8 Å². The van der Waals surface area contributed by atoms with Crippen molar-refractivity contribution in [1.29, 1.82) is 0 Å². The fourth-order valence-corrected chi connectivity index (χ4v) is 4.49. The van der Waals surface area contributed by atoms with Crippen LogP contribution >= 0.6 is 11.8 Å². The van der Waals surface area contributed by atoms with Crippen molar-refractivity contribution in [2.24, 2.45) is 13.0 Å². The lowest BCUT2D eigenvalue weighted by molar-refractivity contribution is -0.115. The maximum atomic E-state index is 12.9. The Hall–Kier alpha value is -2.99. The molecule has 4 rings (SSSR count). The lowest BCUT2D eigenvalue weighted by Gasteiger charge is -2.11. The summed E-state index contributed by atoms with van der Waals surface area (Å²) in [7, 11) is 3.53. The number of rotatable bonds is 8. The molecule has 0 spiro atoms. The van der Waals surface area contributed by atoms with Gasteiger partial charge in [0.25, 0.3) is 5.56 Å². The largest absolute Gasteiger partial charge is 0.497 e. The first-order valence-electron chi connectivity index (χ1n) is 10.3. The summed E-state index contributed by atoms with van der Waals surface area (Å²) in [4.78, 5) is 26.4. The van der Waals surface area contributed by atoms with Crippen LogP contribution in [0.4, 0.5) is 0 Å². The van der Waals surface area contributed by atoms with Crippen LogP contribution in [0.15, 0.2) is 76.4 Å². The number of hydrogen-bond acceptors (Lipinski definition) is 4. The highest BCUT2D eigenvalue weighted by molar-refractivity contribution is 8.02. The van der Waals surface area contributed by atoms with Gasteiger partial charge in [0.15, 0.2) is 5.78 Å². The first kappa shape index (κ1) is 21.2. The molecule has 0 bridgehead atoms. The Morgan fingerprint density at radius 3 is 2.52 bits per heavy atom. The summed E-state index contributed by atoms with van der Waals surface area (Å²) in [5, 5.41) is 0. The predicted molar refractivity (Wildman–Crippen MR) is 125 cm³/mol. The third-order valence-corrected chi connectivity index (χ3v) is 6.62. The van der Waals surface area contributed by atoms with Crippen molar-refractivity contribution in [3.63, 3.8) is 0 Å². The lowest BCUT2D eigenvalue weighted by atomic mass is 10.1. The van der Waals surface area contributed by atoms with Crippen LogP contribution in [0.2, 0.25) is 0 Å². The minimum absolute atomic E-state index is 0.0354. The van der Waals surface area contributed by atoms with E-state index in [9.17, 15) is 9.59 Å². The van der Waals surface area contributed by atoms with Crippen LogP contribution in [0.25, 0.3) is 5.69 Å². The van der Waals surface area contributed by atoms with Crippen molar-refractivity contribution < 1.29 is 9.53 Å². The summed E-state index contributed by atoms with van der Waals surface area (Å²) < 4.78 is 8.72. The van der Waals surface area contributed by atoms with Gasteiger partial charge in [-0.05, 0) is 59.4 Å². The van der Waals surface area contributed by atoms with Gasteiger partial charge >= 0.3 is 0 Å². The summed E-state index contributed by atoms with van der Waals surface area (Å²) in [5.74, 6) is 1.30. The van der Waals surface area contributed by atoms with E-state index in [0.29, 0.717) is 6.42 Å². The van der Waals surface area contributed by atoms with Crippen LogP contribution in [0.5, 0.6) is 5.75 Å². The van der Waals surface area contributed by atoms with Crippen molar-refractivity contribution in [2.45, 2.75) is 18.8 Å². The van der Waals surface area contributed by atoms with Crippen molar-refractivity contribution in [3.05, 3.63) is 93.3 Å². The van der Waals surface area contributed by atoms with Crippen LogP contribution in [0.3, 0.4) is 0 Å². The zero-order chi connectivity index (χ0) is 22.0. The number of hydrogen-bond donors (Lipinski definition) is 0. The molecule has 31 heavy (non-hydrogen) atoms. The molecule has 1 saturated carbocycles. The van der Waals surface area contributed by atoms with Crippen molar-refractivity contribution in [2.75, 3.05) is 13.4 Å². The van der Waals surface area contributed by atoms with E-state index in [1.54, 1.807) is 35.7 Å². The van der Waals surface area contributed by atoms with Gasteiger partial charge in [0, 0.05) is 31.1 Å². The fraction of sp³-hybridized carbons (Fsp3) is 0.280. The number of aromatic nitrogens is 2. The number of carbonyl (C=O) groups is 1. The Balaban J connectivity index is 1.48. The molecule has 1 aromatic heterocycles. The standard InChI is InChI=1S/C25H26N2O3S/c1-26-19(14-25(29)27(26)18-7-5-4-6-8-18)13-21(31-3)15-24(28)23-16-22(23)17-9-11-20(30-2)12-10-17/h4-12,14-15,22-23H,13,16H2,1-3H3/b21-15+/t22-,23+/m1/s1. The zero-order valence-electron chi connectivity index (χ0n) is 17.9. The second kappa shape index (κ2) is 9.02. The molecule has 0 radical (unpaired) electrons. The Morgan fingerprint density at radius 2 is 1.87 bits per heavy atom. The number of benzene rings is 2. The van der Waals surface area contributed by atoms with Crippen LogP contribution in [-0.4, -0.2) is 28.5 Å². The average Bonchev–Trinajstić information content (AvgIpc) is 3.54. The molecular formula is C25H26N2O3S. The minimum Gasteiger partial charge on any atom is -0.497 e. The van der Waals surface area contributed by atoms with Gasteiger partial charge in [0.2, 0.25) is 0 Å². The third kappa shape index (κ3) is 4.54. The van der Waals surface area contributed by atoms with Crippen molar-refractivity contribution >= 4 is 17.5 Å². The van der Waals surface area contributed by atoms with Gasteiger partial charge in [-0.25, -0.2) is 4.68 Å². The van der Waals surface area contributed by atoms with E-state index in [-0.39, 0.29) is 23.2 Å². The fourth-order valence-electron chi connectivity index (χ4n) is 3.96. The molecule has 160 valence electrons. The van der Waals surface area contributed by atoms with Crippen LogP contribution in [0.1, 0.15) is 23.6 Å². The number of thioether (sulfide) groups is 1. The molecule has 0 aliphatic heterocycles. The topological polar surface area (TPSA) is 53.2 Å². The molecule has 1 aliphatic rings. The first-order chi connectivity index (χ1) is 15.0. The van der Waals surface area contributed by atoms with E-state index in [0.717, 1.165) is 28.5 Å². The molecule has 2 atom stereocenters. The number of nitrogens with zero attached hydrogens (tertiary/aromatic N) is 2. The summed E-state index contributed by atoms with van der Waals surface area (Å²) in [6.45, 7) is 0. The monoisotopic (exact) mass is 434 g/mol. The highest BCUT2D eigenvalue weighted by atomic mass is 32.2. The molecule has 1 aliphatic carbocycles. The number of ketones is 1. The Morgan fingerprint density at radius 1 is 1.16 bits per heavy atom. The van der Waals surface area contributed by atoms with Gasteiger partial charge in [0.1, 0.15) is 5.75 Å². The highest BCUT2D eigenvalue weighted by Gasteiger charge is 2.42. The van der Waals surface area contributed by atoms with Gasteiger partial charge in [-0.2, -0.15) is 0 Å². The summed E-state index contributed by atoms with van der Waals surface area (Å²) >= 11 is 1.56. The average molecular weight is 435 g/mol. The molecule has 0 amide bonds. The van der Waals surface area contributed by atoms with E-state index in [4.69, 9.17) is 4.74 Å². The third-order valence-electron chi connectivity index (χ3n) is 5.84. The molecule has 1 heterocycles. The summed E-state index contributed by atoms with van der Waals surface area (Å²) in [6, 6.07) is 19.2. The number of methoxy groups -OCH3 is 1. The molecule has 0 N–H and O–H groups in total. The second-order valence-corrected chi connectivity index (χ2v) is 8.69. The zero-order valence-corrected chi connectivity index (χ0v) is 18.8. The molecule has 2 aromatic carbocycles. The molecule has 6 heteroatoms. The predicted octanol–water partition coefficient (Wildman–Crippen LogP) is 4.35. The van der Waals surface area contributed by atoms with Gasteiger partial charge in [0.05, 0.1) is 12.8 Å². The van der Waals surface area contributed by atoms with E-state index in [2.05, 4.69) is 0 Å². The highest BCUT2D eigenvalue weighted by Crippen LogP contribution is 2.48. The van der Waals surface area contributed by atoms with Gasteiger partial charge in [-0.1, -0.05) is 30.3 Å². The van der Waals surface area contributed by atoms with Gasteiger partial charge in [-0.3, -0.25) is 14.3 Å². The second-order valence-electron chi connectivity index (χ2n) is 7.76. The van der Waals surface area contributed by atoms with Crippen LogP contribution in [-0.2, 0) is 18.3 Å². The molecular weight excluding hydrogens is 408 g/mol. The number of para-hydroxylation sites is 1. The summed E-state index contributed by atoms with van der Waals surface area (Å²) in [6.07, 6.45) is 5.17. The Bertz CT molecular complexity index is 1160. The number of ether oxygens (including phenoxy) is 1. The van der Waals surface area contributed by atoms with E-state index in [1.165, 1.54) is 5.56 Å². The Labute approximate surface area is 186 Å². The number of carbonyl (C=O) groups excluding carboxylic acids is 1. The summed E-state index contributed by atoms with van der Waals surface area (Å²) in [5.41, 5.74) is 2.81. The maximum Gasteiger partial charge on any atom is 0.271 e. The van der Waals surface area contributed by atoms with Gasteiger partial charge < -0.3 is 4.74 Å². The normalized spacial score (nSPS) is 18.1. The van der Waals surface area contributed by atoms with E-state index >= 15 is 0 Å². The van der Waals surface area contributed by atoms with E-state index < -0.39 is 0 Å². The SMILES string of the molecule is COc1ccc([C@H]2C[C@@H]2C(=O)/C=C(\Cc2cc(=O)n(-c3ccccc3)n2C)SC)cc1. The van der Waals surface area contributed by atoms with E-state index in [1.807, 2.05) is 72.6 Å². The molecule has 3 aromatic rings. The van der Waals surface area contributed by atoms with Crippen molar-refractivity contribution in [3.8, 4) is 11.4 Å². The van der Waals surface area contributed by atoms with Crippen molar-refractivity contribution in [1.82, 2.24) is 9.36 Å². The molecule has 0 saturated heterocycles. The molecule has 0 unspecified atom stereocenters. The maximum absolute atomic E-state index is 12.9. The first-order valence-corrected chi connectivity index (χ1v) is 11.5. The Kier molecular flexibility index (Phi) is 6.18. The number of allylic oxidation sites excluding steroid dienone is 2. The lowest BCUT2D eigenvalue weighted by Crippen LogP contribution is -2.19. The quantitative estimate of drug-likeness (QED) is 0.495. The van der Waals surface area contributed by atoms with Crippen LogP contribution < -0.4 is 10.3 Å². The smallest absolute Gasteiger partial charge is 0.271 e. The minimum atomic E-state index is -0.0720. The van der Waals surface area contributed by atoms with Crippen LogP contribution in [0, 0.1) is 5.92 Å². The molecule has 1 fully saturated rings. The molecule has 5 nitrogen and oxygen atoms in total.